The number of unbranched alkanes of at least 4 members (excludes halogenated alkanes) is 1. The van der Waals surface area contributed by atoms with Crippen LogP contribution in [-0.2, 0) is 6.42 Å². The second-order valence-corrected chi connectivity index (χ2v) is 4.74. The summed E-state index contributed by atoms with van der Waals surface area (Å²) in [6.07, 6.45) is 5.26. The highest BCUT2D eigenvalue weighted by Gasteiger charge is 2.29. The van der Waals surface area contributed by atoms with E-state index in [-0.39, 0.29) is 0 Å². The van der Waals surface area contributed by atoms with Crippen molar-refractivity contribution in [3.8, 4) is 0 Å². The Balaban J connectivity index is 2.28. The first-order valence-electron chi connectivity index (χ1n) is 5.73. The number of nitrogen functional groups attached to an aromatic ring is 1. The van der Waals surface area contributed by atoms with Crippen molar-refractivity contribution in [2.45, 2.75) is 33.1 Å². The van der Waals surface area contributed by atoms with Gasteiger partial charge in [-0.1, -0.05) is 25.1 Å². The van der Waals surface area contributed by atoms with Crippen LogP contribution in [0.2, 0.25) is 0 Å². The Morgan fingerprint density at radius 3 is 2.71 bits per heavy atom. The molecule has 1 aromatic rings. The lowest BCUT2D eigenvalue weighted by molar-refractivity contribution is 0.782. The number of thioether (sulfide) groups is 1. The molecule has 0 spiro atoms. The third-order valence-electron chi connectivity index (χ3n) is 2.70. The quantitative estimate of drug-likeness (QED) is 0.888. The Hall–Kier alpha value is -1.30. The van der Waals surface area contributed by atoms with Gasteiger partial charge in [-0.2, -0.15) is 9.99 Å². The number of nitrogens with two attached hydrogens (primary N) is 1. The molecule has 1 aromatic heterocycles. The largest absolute Gasteiger partial charge is 0.368 e. The van der Waals surface area contributed by atoms with Gasteiger partial charge in [0.1, 0.15) is 0 Å². The number of hydrazone groups is 1. The van der Waals surface area contributed by atoms with Crippen LogP contribution in [0.25, 0.3) is 0 Å². The van der Waals surface area contributed by atoms with Crippen LogP contribution in [0.3, 0.4) is 0 Å². The monoisotopic (exact) mass is 251 g/mol. The minimum atomic E-state index is 0.320. The van der Waals surface area contributed by atoms with Crippen LogP contribution in [0.5, 0.6) is 0 Å². The SMILES string of the molecule is CCCCc1c(C)nc(N)nc1N1N=C1SC. The molecule has 6 heteroatoms. The topological polar surface area (TPSA) is 67.2 Å². The molecule has 0 bridgehead atoms. The second kappa shape index (κ2) is 4.91. The molecule has 0 fully saturated rings. The number of nitrogens with zero attached hydrogens (tertiary/aromatic N) is 4. The van der Waals surface area contributed by atoms with Gasteiger partial charge in [0.05, 0.1) is 0 Å². The van der Waals surface area contributed by atoms with Gasteiger partial charge in [-0.25, -0.2) is 4.98 Å². The van der Waals surface area contributed by atoms with Crippen LogP contribution in [0.1, 0.15) is 31.0 Å². The van der Waals surface area contributed by atoms with Gasteiger partial charge in [-0.3, -0.25) is 0 Å². The Kier molecular flexibility index (Phi) is 3.51. The van der Waals surface area contributed by atoms with E-state index in [0.29, 0.717) is 5.95 Å². The molecule has 0 atom stereocenters. The Labute approximate surface area is 106 Å². The first-order valence-corrected chi connectivity index (χ1v) is 6.95. The number of aryl methyl sites for hydroxylation is 1. The summed E-state index contributed by atoms with van der Waals surface area (Å²) < 4.78 is 0. The summed E-state index contributed by atoms with van der Waals surface area (Å²) in [7, 11) is 0. The Bertz CT molecular complexity index is 457. The van der Waals surface area contributed by atoms with Crippen molar-refractivity contribution in [1.82, 2.24) is 9.97 Å². The summed E-state index contributed by atoms with van der Waals surface area (Å²) in [5.41, 5.74) is 7.83. The number of amidine groups is 1. The summed E-state index contributed by atoms with van der Waals surface area (Å²) in [6.45, 7) is 4.16. The number of aromatic nitrogens is 2. The predicted molar refractivity (Wildman–Crippen MR) is 73.2 cm³/mol. The molecule has 1 aliphatic heterocycles. The molecule has 17 heavy (non-hydrogen) atoms. The van der Waals surface area contributed by atoms with Crippen LogP contribution in [0, 0.1) is 6.92 Å². The normalized spacial score (nSPS) is 13.8. The van der Waals surface area contributed by atoms with Crippen LogP contribution in [0.15, 0.2) is 5.10 Å². The molecule has 0 aliphatic carbocycles. The van der Waals surface area contributed by atoms with Crippen molar-refractivity contribution in [3.63, 3.8) is 0 Å². The fourth-order valence-corrected chi connectivity index (χ4v) is 2.17. The minimum Gasteiger partial charge on any atom is -0.368 e. The molecule has 0 unspecified atom stereocenters. The molecular weight excluding hydrogens is 234 g/mol. The standard InChI is InChI=1S/C11H17N5S/c1-4-5-6-8-7(2)13-10(12)14-9(8)16-11(15-16)17-3/h4-6H2,1-3H3,(H2,12,13,14). The van der Waals surface area contributed by atoms with Crippen molar-refractivity contribution in [3.05, 3.63) is 11.3 Å². The fourth-order valence-electron chi connectivity index (χ4n) is 1.75. The van der Waals surface area contributed by atoms with Crippen LogP contribution >= 0.6 is 11.8 Å². The number of hydrogen-bond acceptors (Lipinski definition) is 6. The van der Waals surface area contributed by atoms with E-state index in [2.05, 4.69) is 22.0 Å². The maximum absolute atomic E-state index is 5.70. The molecule has 0 saturated heterocycles. The van der Waals surface area contributed by atoms with Crippen LogP contribution in [0.4, 0.5) is 11.8 Å². The van der Waals surface area contributed by atoms with E-state index in [4.69, 9.17) is 5.73 Å². The molecule has 0 amide bonds. The minimum absolute atomic E-state index is 0.320. The van der Waals surface area contributed by atoms with E-state index < -0.39 is 0 Å². The average Bonchev–Trinajstić information content (AvgIpc) is 3.06. The van der Waals surface area contributed by atoms with E-state index >= 15 is 0 Å². The van der Waals surface area contributed by atoms with E-state index in [1.807, 2.05) is 18.2 Å². The second-order valence-electron chi connectivity index (χ2n) is 3.97. The average molecular weight is 251 g/mol. The molecule has 0 aromatic carbocycles. The zero-order valence-electron chi connectivity index (χ0n) is 10.4. The third-order valence-corrected chi connectivity index (χ3v) is 3.32. The van der Waals surface area contributed by atoms with Gasteiger partial charge in [0.2, 0.25) is 11.1 Å². The van der Waals surface area contributed by atoms with Gasteiger partial charge < -0.3 is 5.73 Å². The van der Waals surface area contributed by atoms with Crippen molar-refractivity contribution in [2.75, 3.05) is 17.0 Å². The zero-order chi connectivity index (χ0) is 12.4. The lowest BCUT2D eigenvalue weighted by Crippen LogP contribution is -2.11. The molecule has 2 heterocycles. The van der Waals surface area contributed by atoms with Crippen molar-refractivity contribution >= 4 is 28.7 Å². The van der Waals surface area contributed by atoms with Crippen LogP contribution in [-0.4, -0.2) is 21.4 Å². The highest BCUT2D eigenvalue weighted by atomic mass is 32.2. The maximum atomic E-state index is 5.70. The van der Waals surface area contributed by atoms with Gasteiger partial charge in [-0.15, -0.1) is 5.10 Å². The molecule has 2 rings (SSSR count). The first kappa shape index (κ1) is 12.2. The number of anilines is 2. The first-order chi connectivity index (χ1) is 8.17. The summed E-state index contributed by atoms with van der Waals surface area (Å²) >= 11 is 1.61. The lowest BCUT2D eigenvalue weighted by Gasteiger charge is -2.11. The summed E-state index contributed by atoms with van der Waals surface area (Å²) in [6, 6.07) is 0. The van der Waals surface area contributed by atoms with Gasteiger partial charge in [0.15, 0.2) is 5.82 Å². The molecule has 1 aliphatic rings. The van der Waals surface area contributed by atoms with Gasteiger partial charge in [-0.05, 0) is 26.0 Å². The lowest BCUT2D eigenvalue weighted by atomic mass is 10.1. The van der Waals surface area contributed by atoms with E-state index in [1.165, 1.54) is 0 Å². The van der Waals surface area contributed by atoms with Crippen LogP contribution < -0.4 is 10.7 Å². The molecule has 0 radical (unpaired) electrons. The molecule has 0 saturated carbocycles. The number of hydrogen-bond donors (Lipinski definition) is 1. The van der Waals surface area contributed by atoms with E-state index in [0.717, 1.165) is 41.5 Å². The van der Waals surface area contributed by atoms with Crippen molar-refractivity contribution in [1.29, 1.82) is 0 Å². The maximum Gasteiger partial charge on any atom is 0.222 e. The zero-order valence-corrected chi connectivity index (χ0v) is 11.2. The molecule has 5 nitrogen and oxygen atoms in total. The van der Waals surface area contributed by atoms with Gasteiger partial charge in [0.25, 0.3) is 0 Å². The van der Waals surface area contributed by atoms with E-state index in [9.17, 15) is 0 Å². The highest BCUT2D eigenvalue weighted by molar-refractivity contribution is 8.14. The Morgan fingerprint density at radius 1 is 1.35 bits per heavy atom. The highest BCUT2D eigenvalue weighted by Crippen LogP contribution is 2.32. The molecule has 2 N–H and O–H groups in total. The summed E-state index contributed by atoms with van der Waals surface area (Å²) in [4.78, 5) is 8.54. The molecule has 92 valence electrons. The van der Waals surface area contributed by atoms with Crippen molar-refractivity contribution in [2.24, 2.45) is 5.10 Å². The van der Waals surface area contributed by atoms with Gasteiger partial charge >= 0.3 is 0 Å². The summed E-state index contributed by atoms with van der Waals surface area (Å²) in [5.74, 6) is 1.17. The number of rotatable bonds is 4. The molecular formula is C11H17N5S. The smallest absolute Gasteiger partial charge is 0.222 e. The van der Waals surface area contributed by atoms with Gasteiger partial charge in [0, 0.05) is 11.3 Å². The predicted octanol–water partition coefficient (Wildman–Crippen LogP) is 2.16. The third kappa shape index (κ3) is 2.52. The van der Waals surface area contributed by atoms with E-state index in [1.54, 1.807) is 11.8 Å². The van der Waals surface area contributed by atoms with Crippen molar-refractivity contribution < 1.29 is 0 Å². The Morgan fingerprint density at radius 2 is 2.12 bits per heavy atom. The summed E-state index contributed by atoms with van der Waals surface area (Å²) in [5, 5.41) is 7.10. The fraction of sp³-hybridized carbons (Fsp3) is 0.545.